The van der Waals surface area contributed by atoms with Gasteiger partial charge in [0.05, 0.1) is 16.8 Å². The minimum absolute atomic E-state index is 0.165. The molecular formula is C29H26Cl3N3O8S3. The van der Waals surface area contributed by atoms with Crippen molar-refractivity contribution in [2.24, 2.45) is 5.92 Å². The number of β-lactam (4-membered cyclic amide) rings is 1. The van der Waals surface area contributed by atoms with Gasteiger partial charge in [0.15, 0.2) is 16.6 Å². The number of aromatic nitrogens is 1. The summed E-state index contributed by atoms with van der Waals surface area (Å²) in [5, 5.41) is 1.78. The number of ether oxygens (including phenoxy) is 4. The number of alkyl halides is 3. The number of allylic oxidation sites excluding steroid dienone is 1. The SMILES string of the molecule is C/C(OC(=O)OCC1CC1)=C(\C(=O)OCC(Cl)(Cl)Cl)N1C(=O)C(NC(=O)COc2ccccc2)C1SSc1nc2ccccc2s1. The predicted octanol–water partition coefficient (Wildman–Crippen LogP) is 6.48. The quantitative estimate of drug-likeness (QED) is 0.0515. The van der Waals surface area contributed by atoms with E-state index in [4.69, 9.17) is 53.8 Å². The second-order valence-corrected chi connectivity index (χ2v) is 16.2. The molecule has 1 aliphatic heterocycles. The van der Waals surface area contributed by atoms with Crippen LogP contribution in [-0.4, -0.2) is 68.9 Å². The number of carbonyl (C=O) groups is 4. The van der Waals surface area contributed by atoms with Crippen LogP contribution < -0.4 is 10.1 Å². The second-order valence-electron chi connectivity index (χ2n) is 10.1. The highest BCUT2D eigenvalue weighted by Gasteiger charge is 2.53. The summed E-state index contributed by atoms with van der Waals surface area (Å²) in [4.78, 5) is 58.0. The lowest BCUT2D eigenvalue weighted by atomic mass is 10.1. The zero-order valence-corrected chi connectivity index (χ0v) is 28.7. The van der Waals surface area contributed by atoms with Crippen molar-refractivity contribution in [1.29, 1.82) is 0 Å². The fraction of sp³-hybridized carbons (Fsp3) is 0.345. The van der Waals surface area contributed by atoms with E-state index in [-0.39, 0.29) is 24.9 Å². The number of rotatable bonds is 13. The first-order valence-electron chi connectivity index (χ1n) is 13.8. The monoisotopic (exact) mass is 745 g/mol. The van der Waals surface area contributed by atoms with E-state index < -0.39 is 51.5 Å². The summed E-state index contributed by atoms with van der Waals surface area (Å²) in [6.07, 6.45) is 0.821. The van der Waals surface area contributed by atoms with E-state index in [1.54, 1.807) is 24.3 Å². The van der Waals surface area contributed by atoms with Gasteiger partial charge in [0.25, 0.3) is 11.8 Å². The number of hydrogen-bond donors (Lipinski definition) is 1. The van der Waals surface area contributed by atoms with E-state index in [9.17, 15) is 19.2 Å². The number of benzene rings is 2. The molecule has 1 aliphatic carbocycles. The molecule has 2 atom stereocenters. The summed E-state index contributed by atoms with van der Waals surface area (Å²) in [6.45, 7) is 0.452. The average Bonchev–Trinajstić information content (AvgIpc) is 3.77. The number of hydrogen-bond acceptors (Lipinski definition) is 12. The molecule has 17 heteroatoms. The van der Waals surface area contributed by atoms with Gasteiger partial charge in [-0.1, -0.05) is 75.9 Å². The van der Waals surface area contributed by atoms with Crippen LogP contribution in [0.2, 0.25) is 0 Å². The smallest absolute Gasteiger partial charge is 0.484 e. The first-order chi connectivity index (χ1) is 22.0. The Morgan fingerprint density at radius 2 is 1.78 bits per heavy atom. The lowest BCUT2D eigenvalue weighted by molar-refractivity contribution is -0.153. The van der Waals surface area contributed by atoms with Crippen LogP contribution in [0.25, 0.3) is 10.2 Å². The summed E-state index contributed by atoms with van der Waals surface area (Å²) >= 11 is 18.8. The maximum Gasteiger partial charge on any atom is 0.513 e. The molecule has 2 aliphatic rings. The molecule has 244 valence electrons. The van der Waals surface area contributed by atoms with Gasteiger partial charge < -0.3 is 24.3 Å². The van der Waals surface area contributed by atoms with Gasteiger partial charge in [-0.15, -0.1) is 11.3 Å². The molecule has 2 amide bonds. The maximum atomic E-state index is 13.6. The average molecular weight is 747 g/mol. The highest BCUT2D eigenvalue weighted by molar-refractivity contribution is 8.77. The highest BCUT2D eigenvalue weighted by Crippen LogP contribution is 2.46. The molecule has 1 N–H and O–H groups in total. The summed E-state index contributed by atoms with van der Waals surface area (Å²) < 4.78 is 20.8. The Kier molecular flexibility index (Phi) is 11.5. The van der Waals surface area contributed by atoms with Gasteiger partial charge in [0, 0.05) is 0 Å². The van der Waals surface area contributed by atoms with Gasteiger partial charge in [-0.25, -0.2) is 14.6 Å². The first-order valence-corrected chi connectivity index (χ1v) is 17.9. The fourth-order valence-electron chi connectivity index (χ4n) is 4.09. The zero-order valence-electron chi connectivity index (χ0n) is 24.0. The van der Waals surface area contributed by atoms with Crippen molar-refractivity contribution in [3.05, 3.63) is 66.1 Å². The van der Waals surface area contributed by atoms with Gasteiger partial charge in [0.2, 0.25) is 3.79 Å². The number of thiazole rings is 1. The molecule has 0 spiro atoms. The lowest BCUT2D eigenvalue weighted by Crippen LogP contribution is -2.69. The van der Waals surface area contributed by atoms with E-state index in [1.807, 2.05) is 30.3 Å². The van der Waals surface area contributed by atoms with Crippen LogP contribution in [0.1, 0.15) is 19.8 Å². The van der Waals surface area contributed by atoms with Crippen LogP contribution in [0.15, 0.2) is 70.4 Å². The molecule has 2 heterocycles. The Hall–Kier alpha value is -2.88. The van der Waals surface area contributed by atoms with Crippen molar-refractivity contribution >= 4 is 102 Å². The molecule has 0 bridgehead atoms. The molecule has 11 nitrogen and oxygen atoms in total. The molecule has 1 aromatic heterocycles. The molecule has 5 rings (SSSR count). The minimum atomic E-state index is -1.95. The number of fused-ring (bicyclic) bond motifs is 1. The van der Waals surface area contributed by atoms with Crippen LogP contribution in [-0.2, 0) is 28.6 Å². The molecule has 46 heavy (non-hydrogen) atoms. The molecule has 1 saturated heterocycles. The van der Waals surface area contributed by atoms with Crippen molar-refractivity contribution in [3.8, 4) is 5.75 Å². The van der Waals surface area contributed by atoms with Crippen LogP contribution in [0, 0.1) is 5.92 Å². The number of esters is 1. The highest BCUT2D eigenvalue weighted by atomic mass is 35.6. The summed E-state index contributed by atoms with van der Waals surface area (Å²) in [5.41, 5.74) is 0.376. The third-order valence-electron chi connectivity index (χ3n) is 6.47. The maximum absolute atomic E-state index is 13.6. The Labute approximate surface area is 290 Å². The third kappa shape index (κ3) is 9.35. The van der Waals surface area contributed by atoms with Crippen molar-refractivity contribution in [2.45, 2.75) is 39.3 Å². The molecule has 3 aromatic rings. The van der Waals surface area contributed by atoms with E-state index in [1.165, 1.54) is 29.1 Å². The number of halogens is 3. The van der Waals surface area contributed by atoms with Gasteiger partial charge in [-0.2, -0.15) is 0 Å². The van der Waals surface area contributed by atoms with Gasteiger partial charge >= 0.3 is 12.1 Å². The lowest BCUT2D eigenvalue weighted by Gasteiger charge is -2.46. The Morgan fingerprint density at radius 3 is 2.48 bits per heavy atom. The van der Waals surface area contributed by atoms with Crippen LogP contribution in [0.4, 0.5) is 4.79 Å². The normalized spacial score (nSPS) is 18.3. The zero-order chi connectivity index (χ0) is 32.8. The molecule has 1 saturated carbocycles. The number of amides is 2. The van der Waals surface area contributed by atoms with Crippen LogP contribution >= 0.6 is 67.7 Å². The van der Waals surface area contributed by atoms with Crippen molar-refractivity contribution < 1.29 is 38.1 Å². The first kappa shape index (κ1) is 34.5. The summed E-state index contributed by atoms with van der Waals surface area (Å²) in [7, 11) is 2.40. The van der Waals surface area contributed by atoms with Gasteiger partial charge in [0.1, 0.15) is 29.5 Å². The summed E-state index contributed by atoms with van der Waals surface area (Å²) in [6, 6.07) is 15.2. The Bertz CT molecular complexity index is 1600. The predicted molar refractivity (Wildman–Crippen MR) is 177 cm³/mol. The molecule has 0 radical (unpaired) electrons. The topological polar surface area (TPSA) is 133 Å². The number of nitrogens with zero attached hydrogens (tertiary/aromatic N) is 2. The third-order valence-corrected chi connectivity index (χ3v) is 10.8. The number of likely N-dealkylation sites (tertiary alicyclic amines) is 1. The van der Waals surface area contributed by atoms with Crippen LogP contribution in [0.5, 0.6) is 5.75 Å². The second kappa shape index (κ2) is 15.3. The van der Waals surface area contributed by atoms with Crippen molar-refractivity contribution in [3.63, 3.8) is 0 Å². The fourth-order valence-corrected chi connectivity index (χ4v) is 8.17. The number of carbonyl (C=O) groups excluding carboxylic acids is 4. The Morgan fingerprint density at radius 1 is 1.07 bits per heavy atom. The summed E-state index contributed by atoms with van der Waals surface area (Å²) in [5.74, 6) is -1.89. The van der Waals surface area contributed by atoms with E-state index >= 15 is 0 Å². The standard InChI is InChI=1S/C29H26Cl3N3O8S3/c1-16(43-28(39)41-13-17-11-12-17)23(26(38)42-15-29(30,31)32)35-24(37)22(34-21(36)14-40-18-7-3-2-4-8-18)25(35)45-46-27-33-19-9-5-6-10-20(19)44-27/h2-10,17,22,25H,11-15H2,1H3,(H,34,36)/b23-16-. The minimum Gasteiger partial charge on any atom is -0.484 e. The largest absolute Gasteiger partial charge is 0.513 e. The Balaban J connectivity index is 1.38. The number of nitrogens with one attached hydrogen (secondary N) is 1. The molecule has 2 aromatic carbocycles. The van der Waals surface area contributed by atoms with E-state index in [0.29, 0.717) is 10.1 Å². The van der Waals surface area contributed by atoms with Gasteiger partial charge in [-0.05, 0) is 60.7 Å². The van der Waals surface area contributed by atoms with Gasteiger partial charge in [-0.3, -0.25) is 14.5 Å². The number of para-hydroxylation sites is 2. The van der Waals surface area contributed by atoms with Crippen molar-refractivity contribution in [1.82, 2.24) is 15.2 Å². The van der Waals surface area contributed by atoms with Crippen LogP contribution in [0.3, 0.4) is 0 Å². The molecular weight excluding hydrogens is 721 g/mol. The van der Waals surface area contributed by atoms with Crippen molar-refractivity contribution in [2.75, 3.05) is 19.8 Å². The molecule has 2 unspecified atom stereocenters. The molecule has 2 fully saturated rings. The van der Waals surface area contributed by atoms with E-state index in [2.05, 4.69) is 10.3 Å². The van der Waals surface area contributed by atoms with E-state index in [0.717, 1.165) is 38.8 Å².